The standard InChI is InChI=1S/C13H24N2O3/c1-5-10-8-6-7-9-15(10)12(18)14(4)13(2,3)11(16)17/h10H,5-9H2,1-4H3,(H,16,17). The molecule has 5 heteroatoms. The molecule has 0 bridgehead atoms. The third-order valence-electron chi connectivity index (χ3n) is 3.99. The first-order chi connectivity index (χ1) is 8.32. The fourth-order valence-corrected chi connectivity index (χ4v) is 2.25. The molecule has 0 aliphatic carbocycles. The average Bonchev–Trinajstić information content (AvgIpc) is 2.36. The normalized spacial score (nSPS) is 20.7. The molecule has 2 amide bonds. The van der Waals surface area contributed by atoms with E-state index in [1.54, 1.807) is 20.9 Å². The molecule has 0 spiro atoms. The van der Waals surface area contributed by atoms with E-state index in [1.165, 1.54) is 4.90 Å². The maximum absolute atomic E-state index is 12.4. The van der Waals surface area contributed by atoms with Crippen molar-refractivity contribution >= 4 is 12.0 Å². The van der Waals surface area contributed by atoms with E-state index >= 15 is 0 Å². The highest BCUT2D eigenvalue weighted by molar-refractivity contribution is 5.85. The zero-order chi connectivity index (χ0) is 13.9. The van der Waals surface area contributed by atoms with Gasteiger partial charge in [0.2, 0.25) is 0 Å². The van der Waals surface area contributed by atoms with Gasteiger partial charge in [-0.3, -0.25) is 0 Å². The van der Waals surface area contributed by atoms with Crippen LogP contribution in [0.2, 0.25) is 0 Å². The minimum Gasteiger partial charge on any atom is -0.480 e. The maximum atomic E-state index is 12.4. The van der Waals surface area contributed by atoms with E-state index in [2.05, 4.69) is 6.92 Å². The highest BCUT2D eigenvalue weighted by atomic mass is 16.4. The SMILES string of the molecule is CCC1CCCCN1C(=O)N(C)C(C)(C)C(=O)O. The quantitative estimate of drug-likeness (QED) is 0.841. The minimum absolute atomic E-state index is 0.172. The Bertz CT molecular complexity index is 328. The molecular formula is C13H24N2O3. The molecular weight excluding hydrogens is 232 g/mol. The fourth-order valence-electron chi connectivity index (χ4n) is 2.25. The summed E-state index contributed by atoms with van der Waals surface area (Å²) in [5.74, 6) is -0.983. The molecule has 0 saturated carbocycles. The van der Waals surface area contributed by atoms with Gasteiger partial charge in [0.05, 0.1) is 0 Å². The summed E-state index contributed by atoms with van der Waals surface area (Å²) in [5.41, 5.74) is -1.17. The second-order valence-corrected chi connectivity index (χ2v) is 5.46. The van der Waals surface area contributed by atoms with Crippen LogP contribution in [0.1, 0.15) is 46.5 Å². The molecule has 1 aliphatic heterocycles. The predicted octanol–water partition coefficient (Wildman–Crippen LogP) is 2.17. The van der Waals surface area contributed by atoms with Gasteiger partial charge in [-0.1, -0.05) is 6.92 Å². The first kappa shape index (κ1) is 14.8. The van der Waals surface area contributed by atoms with E-state index < -0.39 is 11.5 Å². The molecule has 1 unspecified atom stereocenters. The lowest BCUT2D eigenvalue weighted by molar-refractivity contribution is -0.147. The molecule has 1 heterocycles. The van der Waals surface area contributed by atoms with Gasteiger partial charge < -0.3 is 14.9 Å². The number of likely N-dealkylation sites (tertiary alicyclic amines) is 1. The first-order valence-corrected chi connectivity index (χ1v) is 6.60. The summed E-state index contributed by atoms with van der Waals surface area (Å²) < 4.78 is 0. The Kier molecular flexibility index (Phi) is 4.59. The van der Waals surface area contributed by atoms with Crippen molar-refractivity contribution < 1.29 is 14.7 Å². The summed E-state index contributed by atoms with van der Waals surface area (Å²) in [6.45, 7) is 5.91. The zero-order valence-corrected chi connectivity index (χ0v) is 11.8. The number of piperidine rings is 1. The summed E-state index contributed by atoms with van der Waals surface area (Å²) in [6.07, 6.45) is 4.09. The van der Waals surface area contributed by atoms with Crippen molar-refractivity contribution in [2.75, 3.05) is 13.6 Å². The molecule has 1 N–H and O–H groups in total. The van der Waals surface area contributed by atoms with Crippen molar-refractivity contribution in [1.82, 2.24) is 9.80 Å². The number of aliphatic carboxylic acids is 1. The van der Waals surface area contributed by atoms with Crippen LogP contribution in [0.25, 0.3) is 0 Å². The largest absolute Gasteiger partial charge is 0.480 e. The summed E-state index contributed by atoms with van der Waals surface area (Å²) in [6, 6.07) is 0.0762. The third kappa shape index (κ3) is 2.76. The first-order valence-electron chi connectivity index (χ1n) is 6.60. The van der Waals surface area contributed by atoms with Gasteiger partial charge >= 0.3 is 12.0 Å². The Morgan fingerprint density at radius 2 is 2.00 bits per heavy atom. The number of amides is 2. The van der Waals surface area contributed by atoms with Gasteiger partial charge in [0.25, 0.3) is 0 Å². The molecule has 0 aromatic carbocycles. The number of nitrogens with zero attached hydrogens (tertiary/aromatic N) is 2. The lowest BCUT2D eigenvalue weighted by Gasteiger charge is -2.41. The number of carboxylic acid groups (broad SMARTS) is 1. The Morgan fingerprint density at radius 3 is 2.50 bits per heavy atom. The fraction of sp³-hybridized carbons (Fsp3) is 0.846. The number of rotatable bonds is 3. The van der Waals surface area contributed by atoms with Crippen LogP contribution < -0.4 is 0 Å². The molecule has 18 heavy (non-hydrogen) atoms. The van der Waals surface area contributed by atoms with Crippen LogP contribution in [0.5, 0.6) is 0 Å². The van der Waals surface area contributed by atoms with Crippen molar-refractivity contribution in [3.8, 4) is 0 Å². The van der Waals surface area contributed by atoms with Crippen LogP contribution in [0.4, 0.5) is 4.79 Å². The van der Waals surface area contributed by atoms with Crippen LogP contribution in [0.3, 0.4) is 0 Å². The lowest BCUT2D eigenvalue weighted by Crippen LogP contribution is -2.57. The van der Waals surface area contributed by atoms with Gasteiger partial charge in [-0.2, -0.15) is 0 Å². The van der Waals surface area contributed by atoms with E-state index in [0.717, 1.165) is 32.2 Å². The Labute approximate surface area is 109 Å². The number of hydrogen-bond acceptors (Lipinski definition) is 2. The van der Waals surface area contributed by atoms with E-state index in [4.69, 9.17) is 5.11 Å². The van der Waals surface area contributed by atoms with Crippen molar-refractivity contribution in [1.29, 1.82) is 0 Å². The third-order valence-corrected chi connectivity index (χ3v) is 3.99. The maximum Gasteiger partial charge on any atom is 0.329 e. The summed E-state index contributed by atoms with van der Waals surface area (Å²) in [5, 5.41) is 9.17. The van der Waals surface area contributed by atoms with E-state index in [1.807, 2.05) is 4.90 Å². The van der Waals surface area contributed by atoms with Gasteiger partial charge in [0, 0.05) is 19.6 Å². The molecule has 1 atom stereocenters. The molecule has 104 valence electrons. The van der Waals surface area contributed by atoms with Crippen LogP contribution in [0, 0.1) is 0 Å². The molecule has 1 aliphatic rings. The minimum atomic E-state index is -1.17. The number of carboxylic acids is 1. The Balaban J connectivity index is 2.82. The Hall–Kier alpha value is -1.26. The smallest absolute Gasteiger partial charge is 0.329 e. The summed E-state index contributed by atoms with van der Waals surface area (Å²) in [4.78, 5) is 26.8. The van der Waals surface area contributed by atoms with Gasteiger partial charge in [0.1, 0.15) is 5.54 Å². The van der Waals surface area contributed by atoms with Crippen LogP contribution >= 0.6 is 0 Å². The van der Waals surface area contributed by atoms with Crippen molar-refractivity contribution in [3.05, 3.63) is 0 Å². The molecule has 1 rings (SSSR count). The molecule has 1 fully saturated rings. The second-order valence-electron chi connectivity index (χ2n) is 5.46. The number of hydrogen-bond donors (Lipinski definition) is 1. The number of likely N-dealkylation sites (N-methyl/N-ethyl adjacent to an activating group) is 1. The van der Waals surface area contributed by atoms with Gasteiger partial charge in [-0.15, -0.1) is 0 Å². The summed E-state index contributed by atoms with van der Waals surface area (Å²) >= 11 is 0. The monoisotopic (exact) mass is 256 g/mol. The van der Waals surface area contributed by atoms with Gasteiger partial charge in [-0.05, 0) is 39.5 Å². The van der Waals surface area contributed by atoms with Crippen molar-refractivity contribution in [3.63, 3.8) is 0 Å². The van der Waals surface area contributed by atoms with Crippen molar-refractivity contribution in [2.24, 2.45) is 0 Å². The molecule has 0 radical (unpaired) electrons. The van der Waals surface area contributed by atoms with Crippen molar-refractivity contribution in [2.45, 2.75) is 58.0 Å². The molecule has 5 nitrogen and oxygen atoms in total. The van der Waals surface area contributed by atoms with Gasteiger partial charge in [0.15, 0.2) is 0 Å². The lowest BCUT2D eigenvalue weighted by atomic mass is 9.99. The molecule has 0 aromatic heterocycles. The highest BCUT2D eigenvalue weighted by Gasteiger charge is 2.38. The van der Waals surface area contributed by atoms with E-state index in [0.29, 0.717) is 0 Å². The number of carbonyl (C=O) groups excluding carboxylic acids is 1. The predicted molar refractivity (Wildman–Crippen MR) is 69.5 cm³/mol. The Morgan fingerprint density at radius 1 is 1.39 bits per heavy atom. The molecule has 1 saturated heterocycles. The number of carbonyl (C=O) groups is 2. The van der Waals surface area contributed by atoms with Crippen LogP contribution in [-0.4, -0.2) is 52.1 Å². The summed E-state index contributed by atoms with van der Waals surface area (Å²) in [7, 11) is 1.57. The highest BCUT2D eigenvalue weighted by Crippen LogP contribution is 2.23. The second kappa shape index (κ2) is 5.59. The van der Waals surface area contributed by atoms with E-state index in [9.17, 15) is 9.59 Å². The average molecular weight is 256 g/mol. The van der Waals surface area contributed by atoms with Gasteiger partial charge in [-0.25, -0.2) is 9.59 Å². The van der Waals surface area contributed by atoms with E-state index in [-0.39, 0.29) is 12.1 Å². The van der Waals surface area contributed by atoms with Crippen LogP contribution in [0.15, 0.2) is 0 Å². The number of urea groups is 1. The zero-order valence-electron chi connectivity index (χ0n) is 11.8. The van der Waals surface area contributed by atoms with Crippen LogP contribution in [-0.2, 0) is 4.79 Å². The topological polar surface area (TPSA) is 60.9 Å². The molecule has 0 aromatic rings.